The molecule has 4 nitrogen and oxygen atoms in total. The standard InChI is InChI=1S/C14H18N2O2/c1-2-3-6-9-16-14(17)11-18-13-8-5-4-7-12(13)10-15/h4-5,7-8H,2-3,6,9,11H2,1H3,(H,16,17). The van der Waals surface area contributed by atoms with Crippen LogP contribution in [-0.4, -0.2) is 19.1 Å². The zero-order valence-corrected chi connectivity index (χ0v) is 10.6. The summed E-state index contributed by atoms with van der Waals surface area (Å²) in [6.45, 7) is 2.74. The van der Waals surface area contributed by atoms with Crippen molar-refractivity contribution in [3.8, 4) is 11.8 Å². The molecule has 0 atom stereocenters. The molecule has 0 unspecified atom stereocenters. The largest absolute Gasteiger partial charge is 0.482 e. The van der Waals surface area contributed by atoms with Gasteiger partial charge in [-0.3, -0.25) is 4.79 Å². The summed E-state index contributed by atoms with van der Waals surface area (Å²) in [5.74, 6) is 0.294. The van der Waals surface area contributed by atoms with Crippen LogP contribution in [0.2, 0.25) is 0 Å². The van der Waals surface area contributed by atoms with Gasteiger partial charge in [0, 0.05) is 6.54 Å². The monoisotopic (exact) mass is 246 g/mol. The molecule has 4 heteroatoms. The molecule has 0 aliphatic carbocycles. The number of benzene rings is 1. The lowest BCUT2D eigenvalue weighted by Crippen LogP contribution is -2.29. The van der Waals surface area contributed by atoms with E-state index in [1.165, 1.54) is 0 Å². The molecular weight excluding hydrogens is 228 g/mol. The number of carbonyl (C=O) groups excluding carboxylic acids is 1. The van der Waals surface area contributed by atoms with E-state index in [0.717, 1.165) is 19.3 Å². The van der Waals surface area contributed by atoms with E-state index in [1.807, 2.05) is 6.07 Å². The van der Waals surface area contributed by atoms with Crippen molar-refractivity contribution < 1.29 is 9.53 Å². The third-order valence-corrected chi connectivity index (χ3v) is 2.47. The first-order valence-electron chi connectivity index (χ1n) is 6.16. The van der Waals surface area contributed by atoms with Gasteiger partial charge in [0.15, 0.2) is 6.61 Å². The molecule has 0 bridgehead atoms. The van der Waals surface area contributed by atoms with Gasteiger partial charge in [0.2, 0.25) is 0 Å². The Morgan fingerprint density at radius 3 is 2.89 bits per heavy atom. The van der Waals surface area contributed by atoms with Crippen molar-refractivity contribution in [1.29, 1.82) is 5.26 Å². The number of hydrogen-bond donors (Lipinski definition) is 1. The number of hydrogen-bond acceptors (Lipinski definition) is 3. The van der Waals surface area contributed by atoms with E-state index in [4.69, 9.17) is 10.00 Å². The molecule has 1 N–H and O–H groups in total. The molecule has 1 aromatic carbocycles. The molecule has 1 aromatic rings. The average molecular weight is 246 g/mol. The number of ether oxygens (including phenoxy) is 1. The summed E-state index contributed by atoms with van der Waals surface area (Å²) < 4.78 is 5.31. The SMILES string of the molecule is CCCCCNC(=O)COc1ccccc1C#N. The lowest BCUT2D eigenvalue weighted by atomic mass is 10.2. The number of amides is 1. The van der Waals surface area contributed by atoms with Crippen LogP contribution in [0.25, 0.3) is 0 Å². The van der Waals surface area contributed by atoms with Crippen LogP contribution in [0.15, 0.2) is 24.3 Å². The summed E-state index contributed by atoms with van der Waals surface area (Å²) in [4.78, 5) is 11.5. The van der Waals surface area contributed by atoms with Crippen LogP contribution in [-0.2, 0) is 4.79 Å². The zero-order chi connectivity index (χ0) is 13.2. The van der Waals surface area contributed by atoms with E-state index in [1.54, 1.807) is 24.3 Å². The van der Waals surface area contributed by atoms with E-state index in [0.29, 0.717) is 17.9 Å². The molecule has 0 fully saturated rings. The number of unbranched alkanes of at least 4 members (excludes halogenated alkanes) is 2. The lowest BCUT2D eigenvalue weighted by molar-refractivity contribution is -0.123. The Balaban J connectivity index is 2.32. The quantitative estimate of drug-likeness (QED) is 0.750. The average Bonchev–Trinajstić information content (AvgIpc) is 2.41. The summed E-state index contributed by atoms with van der Waals surface area (Å²) in [5.41, 5.74) is 0.441. The van der Waals surface area contributed by atoms with Crippen molar-refractivity contribution in [2.75, 3.05) is 13.2 Å². The number of nitriles is 1. The van der Waals surface area contributed by atoms with Crippen molar-refractivity contribution in [1.82, 2.24) is 5.32 Å². The van der Waals surface area contributed by atoms with Gasteiger partial charge >= 0.3 is 0 Å². The van der Waals surface area contributed by atoms with Crippen molar-refractivity contribution in [2.45, 2.75) is 26.2 Å². The Bertz CT molecular complexity index is 424. The first-order chi connectivity index (χ1) is 8.77. The minimum absolute atomic E-state index is 0.0508. The smallest absolute Gasteiger partial charge is 0.257 e. The second-order valence-corrected chi connectivity index (χ2v) is 3.95. The van der Waals surface area contributed by atoms with Crippen LogP contribution in [0.3, 0.4) is 0 Å². The molecule has 0 aromatic heterocycles. The van der Waals surface area contributed by atoms with Gasteiger partial charge < -0.3 is 10.1 Å². The number of carbonyl (C=O) groups is 1. The Kier molecular flexibility index (Phi) is 6.34. The molecule has 96 valence electrons. The fraction of sp³-hybridized carbons (Fsp3) is 0.429. The molecule has 18 heavy (non-hydrogen) atoms. The molecule has 1 rings (SSSR count). The maximum Gasteiger partial charge on any atom is 0.257 e. The highest BCUT2D eigenvalue weighted by molar-refractivity contribution is 5.77. The van der Waals surface area contributed by atoms with E-state index in [2.05, 4.69) is 12.2 Å². The van der Waals surface area contributed by atoms with Gasteiger partial charge in [0.05, 0.1) is 5.56 Å². The van der Waals surface area contributed by atoms with Gasteiger partial charge in [-0.1, -0.05) is 31.9 Å². The van der Waals surface area contributed by atoms with Crippen LogP contribution in [0, 0.1) is 11.3 Å². The number of nitrogens with zero attached hydrogens (tertiary/aromatic N) is 1. The summed E-state index contributed by atoms with van der Waals surface area (Å²) in [6, 6.07) is 8.90. The molecule has 0 heterocycles. The van der Waals surface area contributed by atoms with E-state index in [9.17, 15) is 4.79 Å². The fourth-order valence-electron chi connectivity index (χ4n) is 1.48. The zero-order valence-electron chi connectivity index (χ0n) is 10.6. The highest BCUT2D eigenvalue weighted by Gasteiger charge is 2.05. The second kappa shape index (κ2) is 8.13. The van der Waals surface area contributed by atoms with Gasteiger partial charge in [-0.25, -0.2) is 0 Å². The summed E-state index contributed by atoms with van der Waals surface area (Å²) in [6.07, 6.45) is 3.22. The Morgan fingerprint density at radius 1 is 1.39 bits per heavy atom. The van der Waals surface area contributed by atoms with Crippen molar-refractivity contribution in [3.05, 3.63) is 29.8 Å². The van der Waals surface area contributed by atoms with Crippen LogP contribution in [0.4, 0.5) is 0 Å². The first kappa shape index (κ1) is 14.0. The predicted molar refractivity (Wildman–Crippen MR) is 69.2 cm³/mol. The molecule has 0 saturated heterocycles. The van der Waals surface area contributed by atoms with Gasteiger partial charge in [-0.15, -0.1) is 0 Å². The molecule has 1 amide bonds. The third kappa shape index (κ3) is 4.88. The van der Waals surface area contributed by atoms with Crippen molar-refractivity contribution in [3.63, 3.8) is 0 Å². The van der Waals surface area contributed by atoms with Crippen LogP contribution in [0.5, 0.6) is 5.75 Å². The number of nitrogens with one attached hydrogen (secondary N) is 1. The summed E-state index contributed by atoms with van der Waals surface area (Å²) in [5, 5.41) is 11.6. The fourth-order valence-corrected chi connectivity index (χ4v) is 1.48. The Morgan fingerprint density at radius 2 is 2.17 bits per heavy atom. The molecule has 0 spiro atoms. The van der Waals surface area contributed by atoms with Crippen molar-refractivity contribution in [2.24, 2.45) is 0 Å². The highest BCUT2D eigenvalue weighted by atomic mass is 16.5. The van der Waals surface area contributed by atoms with Gasteiger partial charge in [0.25, 0.3) is 5.91 Å². The molecule has 0 aliphatic rings. The highest BCUT2D eigenvalue weighted by Crippen LogP contribution is 2.15. The lowest BCUT2D eigenvalue weighted by Gasteiger charge is -2.08. The predicted octanol–water partition coefficient (Wildman–Crippen LogP) is 2.24. The molecule has 0 aliphatic heterocycles. The topological polar surface area (TPSA) is 62.1 Å². The third-order valence-electron chi connectivity index (χ3n) is 2.47. The van der Waals surface area contributed by atoms with Crippen LogP contribution >= 0.6 is 0 Å². The van der Waals surface area contributed by atoms with E-state index >= 15 is 0 Å². The molecule has 0 saturated carbocycles. The summed E-state index contributed by atoms with van der Waals surface area (Å²) in [7, 11) is 0. The summed E-state index contributed by atoms with van der Waals surface area (Å²) >= 11 is 0. The van der Waals surface area contributed by atoms with Gasteiger partial charge in [0.1, 0.15) is 11.8 Å². The number of rotatable bonds is 7. The molecular formula is C14H18N2O2. The number of para-hydroxylation sites is 1. The normalized spacial score (nSPS) is 9.56. The first-order valence-corrected chi connectivity index (χ1v) is 6.16. The Labute approximate surface area is 108 Å². The maximum atomic E-state index is 11.5. The molecule has 0 radical (unpaired) electrons. The van der Waals surface area contributed by atoms with E-state index in [-0.39, 0.29) is 12.5 Å². The van der Waals surface area contributed by atoms with E-state index < -0.39 is 0 Å². The maximum absolute atomic E-state index is 11.5. The minimum Gasteiger partial charge on any atom is -0.482 e. The van der Waals surface area contributed by atoms with Crippen LogP contribution in [0.1, 0.15) is 31.7 Å². The minimum atomic E-state index is -0.154. The van der Waals surface area contributed by atoms with Gasteiger partial charge in [-0.2, -0.15) is 5.26 Å². The van der Waals surface area contributed by atoms with Crippen LogP contribution < -0.4 is 10.1 Å². The van der Waals surface area contributed by atoms with Crippen molar-refractivity contribution >= 4 is 5.91 Å². The Hall–Kier alpha value is -2.02. The second-order valence-electron chi connectivity index (χ2n) is 3.95. The van der Waals surface area contributed by atoms with Gasteiger partial charge in [-0.05, 0) is 18.6 Å².